The number of fused-ring (bicyclic) bond motifs is 1. The molecule has 0 spiro atoms. The molecule has 5 heterocycles. The van der Waals surface area contributed by atoms with Crippen molar-refractivity contribution < 1.29 is 14.2 Å². The van der Waals surface area contributed by atoms with Gasteiger partial charge in [0.15, 0.2) is 5.75 Å². The number of hydrogen-bond donors (Lipinski definition) is 0. The van der Waals surface area contributed by atoms with Crippen molar-refractivity contribution in [2.75, 3.05) is 19.9 Å². The number of aromatic nitrogens is 1. The number of rotatable bonds is 1. The van der Waals surface area contributed by atoms with Gasteiger partial charge in [0.2, 0.25) is 6.79 Å². The predicted molar refractivity (Wildman–Crippen MR) is 86.3 cm³/mol. The van der Waals surface area contributed by atoms with Gasteiger partial charge in [-0.2, -0.15) is 0 Å². The van der Waals surface area contributed by atoms with Crippen molar-refractivity contribution in [1.29, 1.82) is 0 Å². The molecule has 0 amide bonds. The number of aliphatic imine (C=N–C) groups is 1. The summed E-state index contributed by atoms with van der Waals surface area (Å²) in [7, 11) is 0. The second-order valence-corrected chi connectivity index (χ2v) is 6.38. The molecule has 116 valence electrons. The van der Waals surface area contributed by atoms with E-state index in [1.165, 1.54) is 11.3 Å². The van der Waals surface area contributed by atoms with Gasteiger partial charge in [0, 0.05) is 24.5 Å². The molecule has 6 nitrogen and oxygen atoms in total. The Hall–Kier alpha value is -2.28. The third-order valence-corrected chi connectivity index (χ3v) is 4.90. The molecule has 1 aromatic heterocycles. The molecule has 4 aliphatic rings. The summed E-state index contributed by atoms with van der Waals surface area (Å²) >= 11 is 3.57. The second-order valence-electron chi connectivity index (χ2n) is 5.53. The number of halogens is 1. The summed E-state index contributed by atoms with van der Waals surface area (Å²) in [5.74, 6) is 2.06. The molecule has 0 aliphatic carbocycles. The van der Waals surface area contributed by atoms with Crippen LogP contribution in [0.3, 0.4) is 0 Å². The van der Waals surface area contributed by atoms with Crippen LogP contribution in [0.5, 0.6) is 11.6 Å². The standard InChI is InChI=1S/C16H12BrN3O3/c17-12-7-21-6-9-2-4-20-13(9)11(12)5-19-15(20)10-1-3-18-16-14(10)22-8-23-16/h1,3,5,7H,2,4,6,8H2. The van der Waals surface area contributed by atoms with Crippen molar-refractivity contribution in [3.63, 3.8) is 0 Å². The van der Waals surface area contributed by atoms with Crippen molar-refractivity contribution in [3.8, 4) is 11.6 Å². The van der Waals surface area contributed by atoms with Gasteiger partial charge < -0.3 is 19.1 Å². The minimum absolute atomic E-state index is 0.198. The highest BCUT2D eigenvalue weighted by atomic mass is 79.9. The van der Waals surface area contributed by atoms with Crippen LogP contribution in [0.4, 0.5) is 0 Å². The average Bonchev–Trinajstić information content (AvgIpc) is 3.17. The van der Waals surface area contributed by atoms with Gasteiger partial charge in [-0.1, -0.05) is 0 Å². The van der Waals surface area contributed by atoms with E-state index in [2.05, 4.69) is 30.8 Å². The molecule has 7 heteroatoms. The summed E-state index contributed by atoms with van der Waals surface area (Å²) in [5, 5.41) is 0. The molecule has 1 aromatic rings. The van der Waals surface area contributed by atoms with Gasteiger partial charge in [-0.25, -0.2) is 9.98 Å². The van der Waals surface area contributed by atoms with Crippen LogP contribution >= 0.6 is 15.9 Å². The molecule has 4 aliphatic heterocycles. The molecule has 0 radical (unpaired) electrons. The Kier molecular flexibility index (Phi) is 2.78. The summed E-state index contributed by atoms with van der Waals surface area (Å²) in [6, 6.07) is 1.92. The highest BCUT2D eigenvalue weighted by Gasteiger charge is 2.36. The van der Waals surface area contributed by atoms with Crippen LogP contribution < -0.4 is 9.47 Å². The van der Waals surface area contributed by atoms with Crippen LogP contribution in [-0.2, 0) is 4.74 Å². The number of ether oxygens (including phenoxy) is 3. The first-order valence-corrected chi connectivity index (χ1v) is 8.13. The Morgan fingerprint density at radius 2 is 2.22 bits per heavy atom. The zero-order valence-electron chi connectivity index (χ0n) is 12.1. The third-order valence-electron chi connectivity index (χ3n) is 4.28. The Morgan fingerprint density at radius 3 is 3.17 bits per heavy atom. The predicted octanol–water partition coefficient (Wildman–Crippen LogP) is 2.68. The van der Waals surface area contributed by atoms with Crippen LogP contribution in [0, 0.1) is 0 Å². The van der Waals surface area contributed by atoms with E-state index in [1.807, 2.05) is 12.3 Å². The highest BCUT2D eigenvalue weighted by Crippen LogP contribution is 2.42. The lowest BCUT2D eigenvalue weighted by Crippen LogP contribution is -2.31. The van der Waals surface area contributed by atoms with Gasteiger partial charge in [-0.15, -0.1) is 0 Å². The third kappa shape index (κ3) is 1.86. The first-order chi connectivity index (χ1) is 11.3. The van der Waals surface area contributed by atoms with Crippen LogP contribution in [0.2, 0.25) is 0 Å². The summed E-state index contributed by atoms with van der Waals surface area (Å²) in [6.45, 7) is 1.69. The zero-order valence-corrected chi connectivity index (χ0v) is 13.7. The molecule has 0 saturated heterocycles. The quantitative estimate of drug-likeness (QED) is 0.757. The van der Waals surface area contributed by atoms with E-state index in [0.29, 0.717) is 18.2 Å². The summed E-state index contributed by atoms with van der Waals surface area (Å²) in [4.78, 5) is 11.1. The maximum atomic E-state index is 5.60. The van der Waals surface area contributed by atoms with E-state index < -0.39 is 0 Å². The van der Waals surface area contributed by atoms with E-state index in [0.717, 1.165) is 34.4 Å². The first kappa shape index (κ1) is 13.2. The number of hydrogen-bond acceptors (Lipinski definition) is 6. The van der Waals surface area contributed by atoms with E-state index in [9.17, 15) is 0 Å². The monoisotopic (exact) mass is 373 g/mol. The maximum absolute atomic E-state index is 5.60. The first-order valence-electron chi connectivity index (χ1n) is 7.33. The molecule has 0 aromatic carbocycles. The Bertz CT molecular complexity index is 841. The Morgan fingerprint density at radius 1 is 1.26 bits per heavy atom. The fourth-order valence-corrected chi connectivity index (χ4v) is 3.70. The summed E-state index contributed by atoms with van der Waals surface area (Å²) in [6.07, 6.45) is 6.31. The van der Waals surface area contributed by atoms with Crippen molar-refractivity contribution in [2.45, 2.75) is 6.42 Å². The molecule has 0 fully saturated rings. The Balaban J connectivity index is 1.68. The molecular formula is C16H12BrN3O3. The largest absolute Gasteiger partial charge is 0.496 e. The summed E-state index contributed by atoms with van der Waals surface area (Å²) in [5.41, 5.74) is 4.43. The molecule has 0 saturated carbocycles. The lowest BCUT2D eigenvalue weighted by molar-refractivity contribution is 0.171. The minimum atomic E-state index is 0.198. The number of pyridine rings is 1. The SMILES string of the molecule is BrC1=COCC2=C3C1=CN=C(c1ccnc4c1OCO4)N3CC2. The number of amidine groups is 1. The molecule has 0 bridgehead atoms. The van der Waals surface area contributed by atoms with E-state index >= 15 is 0 Å². The molecule has 0 unspecified atom stereocenters. The van der Waals surface area contributed by atoms with E-state index in [4.69, 9.17) is 14.2 Å². The molecule has 23 heavy (non-hydrogen) atoms. The van der Waals surface area contributed by atoms with Crippen LogP contribution in [-0.4, -0.2) is 35.7 Å². The minimum Gasteiger partial charge on any atom is -0.496 e. The smallest absolute Gasteiger partial charge is 0.260 e. The second kappa shape index (κ2) is 4.86. The molecule has 0 N–H and O–H groups in total. The topological polar surface area (TPSA) is 56.2 Å². The van der Waals surface area contributed by atoms with Crippen LogP contribution in [0.25, 0.3) is 0 Å². The zero-order chi connectivity index (χ0) is 15.4. The van der Waals surface area contributed by atoms with Crippen LogP contribution in [0.15, 0.2) is 51.0 Å². The number of allylic oxidation sites excluding steroid dienone is 1. The molecule has 5 rings (SSSR count). The van der Waals surface area contributed by atoms with Crippen molar-refractivity contribution in [3.05, 3.63) is 51.6 Å². The Labute approximate surface area is 140 Å². The van der Waals surface area contributed by atoms with E-state index in [-0.39, 0.29) is 6.79 Å². The highest BCUT2D eigenvalue weighted by molar-refractivity contribution is 9.12. The van der Waals surface area contributed by atoms with Crippen LogP contribution in [0.1, 0.15) is 12.0 Å². The van der Waals surface area contributed by atoms with Gasteiger partial charge in [0.05, 0.1) is 22.0 Å². The van der Waals surface area contributed by atoms with Crippen molar-refractivity contribution >= 4 is 21.8 Å². The fourth-order valence-electron chi connectivity index (χ4n) is 3.27. The lowest BCUT2D eigenvalue weighted by Gasteiger charge is -2.28. The van der Waals surface area contributed by atoms with E-state index in [1.54, 1.807) is 12.5 Å². The lowest BCUT2D eigenvalue weighted by atomic mass is 10.1. The number of nitrogens with zero attached hydrogens (tertiary/aromatic N) is 3. The normalized spacial score (nSPS) is 21.3. The molecule has 0 atom stereocenters. The summed E-state index contributed by atoms with van der Waals surface area (Å²) < 4.78 is 17.5. The van der Waals surface area contributed by atoms with Gasteiger partial charge >= 0.3 is 0 Å². The molecular weight excluding hydrogens is 362 g/mol. The van der Waals surface area contributed by atoms with Crippen molar-refractivity contribution in [1.82, 2.24) is 9.88 Å². The maximum Gasteiger partial charge on any atom is 0.260 e. The fraction of sp³-hybridized carbons (Fsp3) is 0.250. The van der Waals surface area contributed by atoms with Gasteiger partial charge in [-0.3, -0.25) is 0 Å². The van der Waals surface area contributed by atoms with Gasteiger partial charge in [0.1, 0.15) is 12.4 Å². The van der Waals surface area contributed by atoms with Gasteiger partial charge in [0.25, 0.3) is 5.88 Å². The average molecular weight is 374 g/mol. The van der Waals surface area contributed by atoms with Crippen molar-refractivity contribution in [2.24, 2.45) is 4.99 Å². The van der Waals surface area contributed by atoms with Gasteiger partial charge in [-0.05, 0) is 34.0 Å².